The number of anilines is 1. The third-order valence-electron chi connectivity index (χ3n) is 4.87. The number of nitrogens with one attached hydrogen (secondary N) is 2. The molecule has 0 aliphatic heterocycles. The maximum atomic E-state index is 12.1. The monoisotopic (exact) mass is 507 g/mol. The van der Waals surface area contributed by atoms with E-state index >= 15 is 0 Å². The van der Waals surface area contributed by atoms with Crippen LogP contribution < -0.4 is 15.5 Å². The SMILES string of the molecule is CCc1ccccc1NC(=O)CC(=O)NN=Cc1ccc(OCc2ccc(C)cc2)c(Br)c1. The molecular formula is C26H26BrN3O3. The van der Waals surface area contributed by atoms with Crippen molar-refractivity contribution in [3.05, 3.63) is 93.5 Å². The van der Waals surface area contributed by atoms with Crippen molar-refractivity contribution < 1.29 is 14.3 Å². The Morgan fingerprint density at radius 3 is 2.52 bits per heavy atom. The summed E-state index contributed by atoms with van der Waals surface area (Å²) < 4.78 is 6.64. The molecule has 0 unspecified atom stereocenters. The van der Waals surface area contributed by atoms with Crippen molar-refractivity contribution in [1.29, 1.82) is 0 Å². The minimum absolute atomic E-state index is 0.315. The lowest BCUT2D eigenvalue weighted by Crippen LogP contribution is -2.25. The fourth-order valence-corrected chi connectivity index (χ4v) is 3.58. The number of nitrogens with zero attached hydrogens (tertiary/aromatic N) is 1. The maximum absolute atomic E-state index is 12.1. The molecule has 170 valence electrons. The summed E-state index contributed by atoms with van der Waals surface area (Å²) in [5.74, 6) is -0.169. The van der Waals surface area contributed by atoms with Crippen molar-refractivity contribution in [3.63, 3.8) is 0 Å². The summed E-state index contributed by atoms with van der Waals surface area (Å²) in [5.41, 5.74) is 7.18. The molecule has 0 heterocycles. The van der Waals surface area contributed by atoms with Crippen LogP contribution in [0.1, 0.15) is 35.6 Å². The second kappa shape index (κ2) is 12.0. The van der Waals surface area contributed by atoms with Gasteiger partial charge in [0, 0.05) is 5.69 Å². The highest BCUT2D eigenvalue weighted by atomic mass is 79.9. The molecular weight excluding hydrogens is 482 g/mol. The highest BCUT2D eigenvalue weighted by Gasteiger charge is 2.10. The highest BCUT2D eigenvalue weighted by molar-refractivity contribution is 9.10. The van der Waals surface area contributed by atoms with Gasteiger partial charge in [0.05, 0.1) is 10.7 Å². The number of para-hydroxylation sites is 1. The number of carbonyl (C=O) groups excluding carboxylic acids is 2. The summed E-state index contributed by atoms with van der Waals surface area (Å²) in [6, 6.07) is 21.2. The minimum atomic E-state index is -0.491. The van der Waals surface area contributed by atoms with Crippen molar-refractivity contribution in [2.45, 2.75) is 33.3 Å². The molecule has 2 amide bonds. The molecule has 3 aromatic carbocycles. The summed E-state index contributed by atoms with van der Waals surface area (Å²) in [7, 11) is 0. The van der Waals surface area contributed by atoms with Crippen LogP contribution in [0.15, 0.2) is 76.3 Å². The van der Waals surface area contributed by atoms with Gasteiger partial charge in [-0.3, -0.25) is 9.59 Å². The number of ether oxygens (including phenoxy) is 1. The second-order valence-corrected chi connectivity index (χ2v) is 8.35. The van der Waals surface area contributed by atoms with Crippen LogP contribution in [0, 0.1) is 6.92 Å². The third kappa shape index (κ3) is 7.57. The van der Waals surface area contributed by atoms with E-state index in [1.807, 2.05) is 68.4 Å². The van der Waals surface area contributed by atoms with Crippen LogP contribution in [0.4, 0.5) is 5.69 Å². The molecule has 0 aliphatic carbocycles. The zero-order valence-electron chi connectivity index (χ0n) is 18.6. The molecule has 3 aromatic rings. The van der Waals surface area contributed by atoms with Crippen LogP contribution in [0.2, 0.25) is 0 Å². The van der Waals surface area contributed by atoms with Crippen molar-refractivity contribution in [1.82, 2.24) is 5.43 Å². The molecule has 33 heavy (non-hydrogen) atoms. The van der Waals surface area contributed by atoms with E-state index in [4.69, 9.17) is 4.74 Å². The van der Waals surface area contributed by atoms with Crippen LogP contribution in [0.5, 0.6) is 5.75 Å². The molecule has 0 atom stereocenters. The fraction of sp³-hybridized carbons (Fsp3) is 0.192. The number of amides is 2. The smallest absolute Gasteiger partial charge is 0.249 e. The van der Waals surface area contributed by atoms with Crippen LogP contribution in [0.3, 0.4) is 0 Å². The Kier molecular flexibility index (Phi) is 8.78. The van der Waals surface area contributed by atoms with Crippen molar-refractivity contribution >= 4 is 39.6 Å². The summed E-state index contributed by atoms with van der Waals surface area (Å²) in [4.78, 5) is 24.2. The molecule has 0 aliphatic rings. The lowest BCUT2D eigenvalue weighted by atomic mass is 10.1. The second-order valence-electron chi connectivity index (χ2n) is 7.49. The number of aryl methyl sites for hydroxylation is 2. The first-order valence-corrected chi connectivity index (χ1v) is 11.4. The van der Waals surface area contributed by atoms with Gasteiger partial charge in [-0.1, -0.05) is 55.0 Å². The maximum Gasteiger partial charge on any atom is 0.249 e. The van der Waals surface area contributed by atoms with Gasteiger partial charge >= 0.3 is 0 Å². The van der Waals surface area contributed by atoms with E-state index in [2.05, 4.69) is 43.9 Å². The molecule has 7 heteroatoms. The molecule has 0 fully saturated rings. The van der Waals surface area contributed by atoms with Gasteiger partial charge in [0.25, 0.3) is 0 Å². The van der Waals surface area contributed by atoms with E-state index in [0.717, 1.165) is 33.3 Å². The minimum Gasteiger partial charge on any atom is -0.488 e. The first-order valence-electron chi connectivity index (χ1n) is 10.6. The standard InChI is InChI=1S/C26H26BrN3O3/c1-3-21-6-4-5-7-23(21)29-25(31)15-26(32)30-28-16-20-12-13-24(22(27)14-20)33-17-19-10-8-18(2)9-11-19/h4-14,16H,3,15,17H2,1-2H3,(H,29,31)(H,30,32). The normalized spacial score (nSPS) is 10.8. The van der Waals surface area contributed by atoms with Crippen molar-refractivity contribution in [3.8, 4) is 5.75 Å². The van der Waals surface area contributed by atoms with Crippen molar-refractivity contribution in [2.75, 3.05) is 5.32 Å². The fourth-order valence-electron chi connectivity index (χ4n) is 3.07. The van der Waals surface area contributed by atoms with Crippen LogP contribution >= 0.6 is 15.9 Å². The topological polar surface area (TPSA) is 79.8 Å². The lowest BCUT2D eigenvalue weighted by Gasteiger charge is -2.09. The summed E-state index contributed by atoms with van der Waals surface area (Å²) in [5, 5.41) is 6.71. The largest absolute Gasteiger partial charge is 0.488 e. The average molecular weight is 508 g/mol. The van der Waals surface area contributed by atoms with E-state index in [9.17, 15) is 9.59 Å². The van der Waals surface area contributed by atoms with Crippen LogP contribution in [-0.4, -0.2) is 18.0 Å². The quantitative estimate of drug-likeness (QED) is 0.232. The van der Waals surface area contributed by atoms with Gasteiger partial charge < -0.3 is 10.1 Å². The molecule has 0 bridgehead atoms. The van der Waals surface area contributed by atoms with E-state index in [1.54, 1.807) is 0 Å². The predicted molar refractivity (Wildman–Crippen MR) is 134 cm³/mol. The Labute approximate surface area is 202 Å². The number of carbonyl (C=O) groups is 2. The Bertz CT molecular complexity index is 1140. The van der Waals surface area contributed by atoms with Gasteiger partial charge in [-0.15, -0.1) is 0 Å². The van der Waals surface area contributed by atoms with Gasteiger partial charge in [0.15, 0.2) is 0 Å². The molecule has 3 rings (SSSR count). The Hall–Kier alpha value is -3.45. The van der Waals surface area contributed by atoms with E-state index < -0.39 is 5.91 Å². The summed E-state index contributed by atoms with van der Waals surface area (Å²) in [6.45, 7) is 4.52. The van der Waals surface area contributed by atoms with Gasteiger partial charge in [0.2, 0.25) is 11.8 Å². The Morgan fingerprint density at radius 1 is 1.03 bits per heavy atom. The number of rotatable bonds is 9. The van der Waals surface area contributed by atoms with Gasteiger partial charge in [-0.05, 0) is 70.2 Å². The highest BCUT2D eigenvalue weighted by Crippen LogP contribution is 2.26. The number of halogens is 1. The van der Waals surface area contributed by atoms with Crippen molar-refractivity contribution in [2.24, 2.45) is 5.10 Å². The lowest BCUT2D eigenvalue weighted by molar-refractivity contribution is -0.126. The molecule has 2 N–H and O–H groups in total. The number of hydrogen-bond acceptors (Lipinski definition) is 4. The van der Waals surface area contributed by atoms with E-state index in [1.165, 1.54) is 11.8 Å². The first kappa shape index (κ1) is 24.2. The average Bonchev–Trinajstić information content (AvgIpc) is 2.80. The van der Waals surface area contributed by atoms with E-state index in [0.29, 0.717) is 12.4 Å². The molecule has 6 nitrogen and oxygen atoms in total. The van der Waals surface area contributed by atoms with E-state index in [-0.39, 0.29) is 12.3 Å². The Balaban J connectivity index is 1.48. The van der Waals surface area contributed by atoms with Crippen LogP contribution in [-0.2, 0) is 22.6 Å². The zero-order chi connectivity index (χ0) is 23.6. The zero-order valence-corrected chi connectivity index (χ0v) is 20.2. The number of hydrazone groups is 1. The number of hydrogen-bond donors (Lipinski definition) is 2. The van der Waals surface area contributed by atoms with Gasteiger partial charge in [0.1, 0.15) is 18.8 Å². The first-order chi connectivity index (χ1) is 15.9. The van der Waals surface area contributed by atoms with Gasteiger partial charge in [-0.2, -0.15) is 5.10 Å². The molecule has 0 aromatic heterocycles. The predicted octanol–water partition coefficient (Wildman–Crippen LogP) is 5.38. The third-order valence-corrected chi connectivity index (χ3v) is 5.49. The molecule has 0 spiro atoms. The van der Waals surface area contributed by atoms with Crippen LogP contribution in [0.25, 0.3) is 0 Å². The molecule has 0 radical (unpaired) electrons. The molecule has 0 saturated heterocycles. The number of benzene rings is 3. The summed E-state index contributed by atoms with van der Waals surface area (Å²) in [6.07, 6.45) is 1.99. The van der Waals surface area contributed by atoms with Gasteiger partial charge in [-0.25, -0.2) is 5.43 Å². The molecule has 0 saturated carbocycles. The Morgan fingerprint density at radius 2 is 1.79 bits per heavy atom. The summed E-state index contributed by atoms with van der Waals surface area (Å²) >= 11 is 3.50.